The maximum absolute atomic E-state index is 14.7. The number of rotatable bonds is 8. The number of aliphatic carboxylic acids is 1. The summed E-state index contributed by atoms with van der Waals surface area (Å²) in [4.78, 5) is 11.2. The summed E-state index contributed by atoms with van der Waals surface area (Å²) in [5.74, 6) is -1.33. The molecule has 1 saturated carbocycles. The van der Waals surface area contributed by atoms with Crippen molar-refractivity contribution >= 4 is 21.5 Å². The zero-order valence-corrected chi connectivity index (χ0v) is 24.5. The zero-order valence-electron chi connectivity index (χ0n) is 23.7. The van der Waals surface area contributed by atoms with E-state index in [4.69, 9.17) is 9.84 Å². The zero-order chi connectivity index (χ0) is 29.6. The minimum absolute atomic E-state index is 0.0159. The number of nitrogens with one attached hydrogen (secondary N) is 1. The number of carboxylic acid groups (broad SMARTS) is 1. The number of fused-ring (bicyclic) bond motifs is 3. The number of sulfone groups is 1. The van der Waals surface area contributed by atoms with E-state index in [0.717, 1.165) is 30.4 Å². The molecule has 0 aromatic heterocycles. The van der Waals surface area contributed by atoms with E-state index in [2.05, 4.69) is 30.4 Å². The summed E-state index contributed by atoms with van der Waals surface area (Å²) < 4.78 is 44.3. The van der Waals surface area contributed by atoms with Crippen LogP contribution >= 0.6 is 0 Å². The van der Waals surface area contributed by atoms with Crippen LogP contribution in [0.15, 0.2) is 48.5 Å². The van der Waals surface area contributed by atoms with Crippen LogP contribution < -0.4 is 10.1 Å². The summed E-state index contributed by atoms with van der Waals surface area (Å²) in [5.41, 5.74) is 6.94. The second kappa shape index (κ2) is 11.0. The molecule has 1 saturated heterocycles. The Balaban J connectivity index is 1.17. The van der Waals surface area contributed by atoms with Crippen molar-refractivity contribution in [3.8, 4) is 16.9 Å². The third-order valence-corrected chi connectivity index (χ3v) is 10.6. The van der Waals surface area contributed by atoms with E-state index in [1.165, 1.54) is 28.3 Å². The maximum atomic E-state index is 14.7. The number of anilines is 1. The summed E-state index contributed by atoms with van der Waals surface area (Å²) in [7, 11) is -3.08. The molecule has 1 aliphatic heterocycles. The molecular formula is C33H36FNO6S. The number of hydrogen-bond donors (Lipinski definition) is 3. The highest BCUT2D eigenvalue weighted by atomic mass is 32.2. The van der Waals surface area contributed by atoms with E-state index < -0.39 is 27.3 Å². The monoisotopic (exact) mass is 593 g/mol. The van der Waals surface area contributed by atoms with Crippen molar-refractivity contribution in [2.24, 2.45) is 5.92 Å². The van der Waals surface area contributed by atoms with Crippen molar-refractivity contribution < 1.29 is 32.6 Å². The molecule has 0 radical (unpaired) electrons. The van der Waals surface area contributed by atoms with Gasteiger partial charge in [0.25, 0.3) is 0 Å². The second-order valence-electron chi connectivity index (χ2n) is 12.2. The first kappa shape index (κ1) is 28.7. The second-order valence-corrected chi connectivity index (χ2v) is 14.5. The molecule has 1 heterocycles. The van der Waals surface area contributed by atoms with Gasteiger partial charge in [-0.1, -0.05) is 18.2 Å². The number of carboxylic acids is 1. The molecule has 9 heteroatoms. The van der Waals surface area contributed by atoms with Crippen LogP contribution in [0.5, 0.6) is 5.75 Å². The van der Waals surface area contributed by atoms with Crippen molar-refractivity contribution in [1.29, 1.82) is 0 Å². The Morgan fingerprint density at radius 1 is 1.07 bits per heavy atom. The Bertz CT molecular complexity index is 1640. The molecule has 2 fully saturated rings. The van der Waals surface area contributed by atoms with Gasteiger partial charge in [0, 0.05) is 18.2 Å². The molecule has 42 heavy (non-hydrogen) atoms. The third-order valence-electron chi connectivity index (χ3n) is 9.00. The summed E-state index contributed by atoms with van der Waals surface area (Å²) in [6.07, 6.45) is 3.70. The van der Waals surface area contributed by atoms with Crippen LogP contribution in [0.1, 0.15) is 59.4 Å². The topological polar surface area (TPSA) is 113 Å². The van der Waals surface area contributed by atoms with Gasteiger partial charge in [0.15, 0.2) is 9.84 Å². The fraction of sp³-hybridized carbons (Fsp3) is 0.424. The molecular weight excluding hydrogens is 557 g/mol. The first-order valence-corrected chi connectivity index (χ1v) is 16.4. The van der Waals surface area contributed by atoms with E-state index >= 15 is 0 Å². The molecule has 0 bridgehead atoms. The van der Waals surface area contributed by atoms with Gasteiger partial charge in [-0.05, 0) is 115 Å². The fourth-order valence-electron chi connectivity index (χ4n) is 6.38. The molecule has 3 aromatic carbocycles. The third kappa shape index (κ3) is 6.03. The number of carbonyl (C=O) groups is 1. The molecule has 2 unspecified atom stereocenters. The molecule has 0 amide bonds. The quantitative estimate of drug-likeness (QED) is 0.320. The molecule has 0 spiro atoms. The number of aliphatic hydroxyl groups is 1. The number of aryl methyl sites for hydroxylation is 3. The van der Waals surface area contributed by atoms with Gasteiger partial charge in [0.1, 0.15) is 23.8 Å². The first-order valence-electron chi connectivity index (χ1n) is 14.6. The number of benzene rings is 3. The van der Waals surface area contributed by atoms with Crippen LogP contribution in [0.25, 0.3) is 11.1 Å². The van der Waals surface area contributed by atoms with E-state index in [1.807, 2.05) is 18.2 Å². The van der Waals surface area contributed by atoms with Gasteiger partial charge in [-0.2, -0.15) is 0 Å². The van der Waals surface area contributed by atoms with Gasteiger partial charge < -0.3 is 20.3 Å². The Kier molecular flexibility index (Phi) is 7.51. The lowest BCUT2D eigenvalue weighted by Gasteiger charge is -2.31. The minimum Gasteiger partial charge on any atom is -0.491 e. The Morgan fingerprint density at radius 2 is 1.83 bits per heavy atom. The van der Waals surface area contributed by atoms with Crippen LogP contribution in [-0.4, -0.2) is 48.3 Å². The van der Waals surface area contributed by atoms with Gasteiger partial charge in [0.2, 0.25) is 0 Å². The predicted octanol–water partition coefficient (Wildman–Crippen LogP) is 5.41. The summed E-state index contributed by atoms with van der Waals surface area (Å²) >= 11 is 0. The first-order chi connectivity index (χ1) is 20.0. The lowest BCUT2D eigenvalue weighted by molar-refractivity contribution is -0.138. The Morgan fingerprint density at radius 3 is 2.55 bits per heavy atom. The number of ether oxygens (including phenoxy) is 1. The molecule has 3 aromatic rings. The van der Waals surface area contributed by atoms with Crippen molar-refractivity contribution in [2.75, 3.05) is 23.4 Å². The van der Waals surface area contributed by atoms with E-state index in [-0.39, 0.29) is 42.7 Å². The largest absolute Gasteiger partial charge is 0.491 e. The number of halogens is 1. The lowest BCUT2D eigenvalue weighted by atomic mass is 9.91. The lowest BCUT2D eigenvalue weighted by Crippen LogP contribution is -2.43. The van der Waals surface area contributed by atoms with Crippen molar-refractivity contribution in [3.05, 3.63) is 82.2 Å². The minimum atomic E-state index is -3.08. The summed E-state index contributed by atoms with van der Waals surface area (Å²) in [5, 5.41) is 23.3. The highest BCUT2D eigenvalue weighted by Gasteiger charge is 2.45. The van der Waals surface area contributed by atoms with Crippen LogP contribution in [0.2, 0.25) is 0 Å². The predicted molar refractivity (Wildman–Crippen MR) is 159 cm³/mol. The van der Waals surface area contributed by atoms with Crippen LogP contribution in [0.3, 0.4) is 0 Å². The Labute approximate surface area is 245 Å². The van der Waals surface area contributed by atoms with Gasteiger partial charge in [0.05, 0.1) is 17.4 Å². The van der Waals surface area contributed by atoms with E-state index in [1.54, 1.807) is 6.07 Å². The van der Waals surface area contributed by atoms with Gasteiger partial charge in [-0.15, -0.1) is 0 Å². The highest BCUT2D eigenvalue weighted by molar-refractivity contribution is 7.91. The van der Waals surface area contributed by atoms with Crippen LogP contribution in [-0.2, 0) is 34.0 Å². The average molecular weight is 594 g/mol. The molecule has 6 rings (SSSR count). The molecule has 222 valence electrons. The van der Waals surface area contributed by atoms with E-state index in [9.17, 15) is 22.7 Å². The fourth-order valence-corrected chi connectivity index (χ4v) is 7.96. The highest BCUT2D eigenvalue weighted by Crippen LogP contribution is 2.48. The molecule has 2 aliphatic carbocycles. The van der Waals surface area contributed by atoms with E-state index in [0.29, 0.717) is 30.0 Å². The van der Waals surface area contributed by atoms with Crippen molar-refractivity contribution in [1.82, 2.24) is 0 Å². The average Bonchev–Trinajstić information content (AvgIpc) is 3.76. The van der Waals surface area contributed by atoms with Gasteiger partial charge in [-0.25, -0.2) is 12.8 Å². The smallest absolute Gasteiger partial charge is 0.307 e. The number of hydrogen-bond acceptors (Lipinski definition) is 6. The van der Waals surface area contributed by atoms with Crippen LogP contribution in [0, 0.1) is 18.7 Å². The maximum Gasteiger partial charge on any atom is 0.307 e. The molecule has 7 nitrogen and oxygen atoms in total. The Hall–Kier alpha value is -3.43. The van der Waals surface area contributed by atoms with Gasteiger partial charge >= 0.3 is 5.97 Å². The summed E-state index contributed by atoms with van der Waals surface area (Å²) in [6, 6.07) is 15.4. The van der Waals surface area contributed by atoms with Crippen molar-refractivity contribution in [2.45, 2.75) is 63.5 Å². The van der Waals surface area contributed by atoms with Gasteiger partial charge in [-0.3, -0.25) is 4.79 Å². The van der Waals surface area contributed by atoms with Crippen molar-refractivity contribution in [3.63, 3.8) is 0 Å². The molecule has 3 aliphatic rings. The molecule has 3 N–H and O–H groups in total. The SMILES string of the molecule is Cc1cc(OCC2(O)CCS(=O)(=O)CC2)cc2c1-c1cc(CNc3ccc(C4CC4C(=O)O)c(F)c3)ccc1CCC2. The molecule has 2 atom stereocenters. The standard InChI is InChI=1S/C33H36FNO6S/c1-20-13-25(41-19-33(38)9-11-42(39,40)12-10-33)15-23-4-2-3-22-6-5-21(14-27(22)31(20)23)18-35-24-7-8-26(30(34)16-24)28-17-29(28)32(36)37/h5-8,13-16,28-29,35,38H,2-4,9-12,17-19H2,1H3,(H,36,37). The summed E-state index contributed by atoms with van der Waals surface area (Å²) in [6.45, 7) is 2.64. The van der Waals surface area contributed by atoms with Crippen LogP contribution in [0.4, 0.5) is 10.1 Å². The normalized spacial score (nSPS) is 21.9.